The number of hydrazine groups is 1. The van der Waals surface area contributed by atoms with Gasteiger partial charge in [-0.2, -0.15) is 13.2 Å². The summed E-state index contributed by atoms with van der Waals surface area (Å²) in [6.45, 7) is 0. The summed E-state index contributed by atoms with van der Waals surface area (Å²) in [5.41, 5.74) is 5.62. The van der Waals surface area contributed by atoms with Crippen molar-refractivity contribution < 1.29 is 18.0 Å². The summed E-state index contributed by atoms with van der Waals surface area (Å²) in [7, 11) is 0. The first-order valence-corrected chi connectivity index (χ1v) is 8.02. The quantitative estimate of drug-likeness (QED) is 0.465. The number of nitrogens with one attached hydrogen (secondary N) is 3. The minimum atomic E-state index is -4.52. The molecule has 0 aliphatic carbocycles. The minimum Gasteiger partial charge on any atom is -0.350 e. The summed E-state index contributed by atoms with van der Waals surface area (Å²) in [6.07, 6.45) is -3.26. The van der Waals surface area contributed by atoms with Crippen LogP contribution in [0.3, 0.4) is 0 Å². The number of halogens is 3. The van der Waals surface area contributed by atoms with Crippen LogP contribution in [-0.2, 0) is 6.18 Å². The van der Waals surface area contributed by atoms with E-state index in [0.29, 0.717) is 11.4 Å². The topological polar surface area (TPSA) is 69.8 Å². The molecule has 0 unspecified atom stereocenters. The number of pyridine rings is 1. The van der Waals surface area contributed by atoms with Gasteiger partial charge in [0.15, 0.2) is 0 Å². The van der Waals surface area contributed by atoms with Crippen LogP contribution in [0.5, 0.6) is 0 Å². The third-order valence-electron chi connectivity index (χ3n) is 4.16. The minimum absolute atomic E-state index is 0.185. The standard InChI is InChI=1S/C19H13F3N4O/c20-19(21,22)13-6-3-5-12-15(8-9-23-17(12)13)25-26-18(27)16-10-11-4-1-2-7-14(11)24-16/h1-10,24H,(H,23,25)(H,26,27). The van der Waals surface area contributed by atoms with E-state index >= 15 is 0 Å². The molecule has 0 saturated carbocycles. The van der Waals surface area contributed by atoms with Crippen LogP contribution in [0, 0.1) is 0 Å². The predicted octanol–water partition coefficient (Wildman–Crippen LogP) is 4.49. The van der Waals surface area contributed by atoms with Gasteiger partial charge in [-0.25, -0.2) is 0 Å². The first-order chi connectivity index (χ1) is 12.9. The van der Waals surface area contributed by atoms with Crippen LogP contribution in [0.1, 0.15) is 16.1 Å². The molecule has 0 spiro atoms. The molecule has 4 aromatic rings. The molecule has 2 heterocycles. The third kappa shape index (κ3) is 3.17. The zero-order valence-corrected chi connectivity index (χ0v) is 13.8. The molecule has 136 valence electrons. The fraction of sp³-hybridized carbons (Fsp3) is 0.0526. The summed E-state index contributed by atoms with van der Waals surface area (Å²) in [4.78, 5) is 19.2. The Hall–Kier alpha value is -3.55. The van der Waals surface area contributed by atoms with Crippen LogP contribution in [0.2, 0.25) is 0 Å². The van der Waals surface area contributed by atoms with Crippen molar-refractivity contribution >= 4 is 33.4 Å². The monoisotopic (exact) mass is 370 g/mol. The van der Waals surface area contributed by atoms with Gasteiger partial charge in [0.2, 0.25) is 0 Å². The van der Waals surface area contributed by atoms with Gasteiger partial charge in [0, 0.05) is 22.5 Å². The molecule has 0 aliphatic heterocycles. The number of nitrogens with zero attached hydrogens (tertiary/aromatic N) is 1. The number of anilines is 1. The van der Waals surface area contributed by atoms with Crippen LogP contribution < -0.4 is 10.9 Å². The van der Waals surface area contributed by atoms with Gasteiger partial charge in [0.1, 0.15) is 5.69 Å². The Bertz CT molecular complexity index is 1120. The molecule has 0 radical (unpaired) electrons. The van der Waals surface area contributed by atoms with Gasteiger partial charge < -0.3 is 4.98 Å². The Morgan fingerprint density at radius 3 is 2.63 bits per heavy atom. The Balaban J connectivity index is 1.61. The van der Waals surface area contributed by atoms with E-state index in [9.17, 15) is 18.0 Å². The first kappa shape index (κ1) is 16.9. The normalized spacial score (nSPS) is 11.7. The molecular weight excluding hydrogens is 357 g/mol. The summed E-state index contributed by atoms with van der Waals surface area (Å²) < 4.78 is 39.5. The van der Waals surface area contributed by atoms with Crippen molar-refractivity contribution in [3.8, 4) is 0 Å². The number of rotatable bonds is 3. The van der Waals surface area contributed by atoms with Gasteiger partial charge in [0.05, 0.1) is 16.8 Å². The fourth-order valence-electron chi connectivity index (χ4n) is 2.90. The smallest absolute Gasteiger partial charge is 0.350 e. The largest absolute Gasteiger partial charge is 0.418 e. The van der Waals surface area contributed by atoms with Crippen LogP contribution in [-0.4, -0.2) is 15.9 Å². The maximum atomic E-state index is 13.2. The average Bonchev–Trinajstić information content (AvgIpc) is 3.09. The van der Waals surface area contributed by atoms with E-state index in [1.807, 2.05) is 24.3 Å². The maximum absolute atomic E-state index is 13.2. The van der Waals surface area contributed by atoms with E-state index in [1.165, 1.54) is 24.4 Å². The highest BCUT2D eigenvalue weighted by molar-refractivity contribution is 5.99. The number of carbonyl (C=O) groups excluding carboxylic acids is 1. The summed E-state index contributed by atoms with van der Waals surface area (Å²) in [6, 6.07) is 14.4. The molecular formula is C19H13F3N4O. The van der Waals surface area contributed by atoms with Crippen LogP contribution in [0.15, 0.2) is 60.8 Å². The van der Waals surface area contributed by atoms with E-state index < -0.39 is 17.6 Å². The number of hydrogen-bond donors (Lipinski definition) is 3. The van der Waals surface area contributed by atoms with E-state index in [0.717, 1.165) is 17.0 Å². The highest BCUT2D eigenvalue weighted by atomic mass is 19.4. The van der Waals surface area contributed by atoms with Crippen molar-refractivity contribution in [3.05, 3.63) is 72.1 Å². The summed E-state index contributed by atoms with van der Waals surface area (Å²) >= 11 is 0. The number of aromatic amines is 1. The Morgan fingerprint density at radius 2 is 1.85 bits per heavy atom. The van der Waals surface area contributed by atoms with Crippen LogP contribution in [0.4, 0.5) is 18.9 Å². The average molecular weight is 370 g/mol. The third-order valence-corrected chi connectivity index (χ3v) is 4.16. The van der Waals surface area contributed by atoms with Gasteiger partial charge in [-0.05, 0) is 24.3 Å². The van der Waals surface area contributed by atoms with Gasteiger partial charge in [-0.3, -0.25) is 20.6 Å². The number of hydrogen-bond acceptors (Lipinski definition) is 3. The van der Waals surface area contributed by atoms with Gasteiger partial charge in [-0.15, -0.1) is 0 Å². The SMILES string of the molecule is O=C(NNc1ccnc2c(C(F)(F)F)cccc12)c1cc2ccccc2[nH]1. The second-order valence-corrected chi connectivity index (χ2v) is 5.91. The molecule has 3 N–H and O–H groups in total. The van der Waals surface area contributed by atoms with Crippen molar-refractivity contribution in [2.24, 2.45) is 0 Å². The number of aromatic nitrogens is 2. The molecule has 0 bridgehead atoms. The van der Waals surface area contributed by atoms with Gasteiger partial charge in [-0.1, -0.05) is 30.3 Å². The number of carbonyl (C=O) groups is 1. The van der Waals surface area contributed by atoms with Crippen molar-refractivity contribution in [1.29, 1.82) is 0 Å². The van der Waals surface area contributed by atoms with Crippen LogP contribution >= 0.6 is 0 Å². The fourth-order valence-corrected chi connectivity index (χ4v) is 2.90. The van der Waals surface area contributed by atoms with E-state index in [-0.39, 0.29) is 10.9 Å². The van der Waals surface area contributed by atoms with Gasteiger partial charge >= 0.3 is 6.18 Å². The molecule has 0 aliphatic rings. The van der Waals surface area contributed by atoms with Gasteiger partial charge in [0.25, 0.3) is 5.91 Å². The second kappa shape index (κ2) is 6.31. The second-order valence-electron chi connectivity index (χ2n) is 5.91. The van der Waals surface area contributed by atoms with Crippen molar-refractivity contribution in [1.82, 2.24) is 15.4 Å². The summed E-state index contributed by atoms with van der Waals surface area (Å²) in [5.74, 6) is -0.442. The molecule has 0 saturated heterocycles. The number of benzene rings is 2. The number of para-hydroxylation sites is 2. The molecule has 2 aromatic carbocycles. The number of alkyl halides is 3. The Morgan fingerprint density at radius 1 is 1.04 bits per heavy atom. The highest BCUT2D eigenvalue weighted by Gasteiger charge is 2.33. The lowest BCUT2D eigenvalue weighted by Gasteiger charge is -2.13. The Labute approximate surface area is 151 Å². The zero-order valence-electron chi connectivity index (χ0n) is 13.8. The number of fused-ring (bicyclic) bond motifs is 2. The molecule has 0 fully saturated rings. The maximum Gasteiger partial charge on any atom is 0.418 e. The lowest BCUT2D eigenvalue weighted by atomic mass is 10.1. The van der Waals surface area contributed by atoms with E-state index in [4.69, 9.17) is 0 Å². The number of H-pyrrole nitrogens is 1. The Kier molecular flexibility index (Phi) is 3.95. The molecule has 27 heavy (non-hydrogen) atoms. The molecule has 4 rings (SSSR count). The number of amides is 1. The van der Waals surface area contributed by atoms with Crippen LogP contribution in [0.25, 0.3) is 21.8 Å². The molecule has 0 atom stereocenters. The molecule has 8 heteroatoms. The lowest BCUT2D eigenvalue weighted by Crippen LogP contribution is -2.29. The first-order valence-electron chi connectivity index (χ1n) is 8.02. The van der Waals surface area contributed by atoms with E-state index in [1.54, 1.807) is 6.07 Å². The van der Waals surface area contributed by atoms with Crippen molar-refractivity contribution in [2.75, 3.05) is 5.43 Å². The molecule has 5 nitrogen and oxygen atoms in total. The van der Waals surface area contributed by atoms with E-state index in [2.05, 4.69) is 20.8 Å². The zero-order chi connectivity index (χ0) is 19.0. The predicted molar refractivity (Wildman–Crippen MR) is 96.1 cm³/mol. The summed E-state index contributed by atoms with van der Waals surface area (Å²) in [5, 5.41) is 1.14. The highest BCUT2D eigenvalue weighted by Crippen LogP contribution is 2.35. The van der Waals surface area contributed by atoms with Crippen molar-refractivity contribution in [2.45, 2.75) is 6.18 Å². The molecule has 1 amide bonds. The lowest BCUT2D eigenvalue weighted by molar-refractivity contribution is -0.136. The van der Waals surface area contributed by atoms with Crippen molar-refractivity contribution in [3.63, 3.8) is 0 Å². The molecule has 2 aromatic heterocycles.